The maximum absolute atomic E-state index is 5.41. The number of benzene rings is 1. The lowest BCUT2D eigenvalue weighted by Gasteiger charge is -2.14. The molecule has 0 saturated heterocycles. The lowest BCUT2D eigenvalue weighted by Crippen LogP contribution is -2.30. The van der Waals surface area contributed by atoms with Crippen LogP contribution in [0, 0.1) is 0 Å². The summed E-state index contributed by atoms with van der Waals surface area (Å²) >= 11 is 0. The fourth-order valence-corrected chi connectivity index (χ4v) is 2.20. The van der Waals surface area contributed by atoms with E-state index in [2.05, 4.69) is 20.6 Å². The molecule has 0 radical (unpaired) electrons. The van der Waals surface area contributed by atoms with Crippen molar-refractivity contribution in [3.05, 3.63) is 42.1 Å². The molecule has 0 amide bonds. The van der Waals surface area contributed by atoms with E-state index in [1.807, 2.05) is 37.3 Å². The molecule has 0 aliphatic heterocycles. The third kappa shape index (κ3) is 5.27. The van der Waals surface area contributed by atoms with E-state index in [0.29, 0.717) is 36.5 Å². The highest BCUT2D eigenvalue weighted by Gasteiger charge is 2.06. The van der Waals surface area contributed by atoms with Crippen LogP contribution in [0.5, 0.6) is 17.4 Å². The van der Waals surface area contributed by atoms with Crippen LogP contribution in [0.15, 0.2) is 41.5 Å². The number of guanidine groups is 1. The van der Waals surface area contributed by atoms with Gasteiger partial charge in [-0.05, 0) is 30.7 Å². The largest absolute Gasteiger partial charge is 0.493 e. The molecule has 7 nitrogen and oxygen atoms in total. The van der Waals surface area contributed by atoms with Gasteiger partial charge in [0.1, 0.15) is 0 Å². The number of nitrogens with one attached hydrogen (secondary N) is 2. The number of aliphatic imine (C=N–C) groups is 1. The zero-order valence-corrected chi connectivity index (χ0v) is 15.0. The minimum atomic E-state index is 0.590. The van der Waals surface area contributed by atoms with Crippen molar-refractivity contribution >= 4 is 11.6 Å². The Bertz CT molecular complexity index is 719. The number of ether oxygens (including phenoxy) is 3. The summed E-state index contributed by atoms with van der Waals surface area (Å²) in [6.45, 7) is 3.11. The first-order chi connectivity index (χ1) is 12.2. The van der Waals surface area contributed by atoms with Crippen molar-refractivity contribution in [1.29, 1.82) is 0 Å². The number of hydrogen-bond donors (Lipinski definition) is 2. The molecule has 2 rings (SSSR count). The Kier molecular flexibility index (Phi) is 6.88. The summed E-state index contributed by atoms with van der Waals surface area (Å²) in [5.74, 6) is 2.58. The standard InChI is InChI=1S/C18H24N4O3/c1-5-25-17-10-13(8-9-20-17)12-21-18(19-2)22-14-6-7-15(23-3)16(11-14)24-4/h6-11H,5,12H2,1-4H3,(H2,19,21,22). The van der Waals surface area contributed by atoms with E-state index in [1.165, 1.54) is 0 Å². The van der Waals surface area contributed by atoms with Gasteiger partial charge in [0, 0.05) is 37.6 Å². The van der Waals surface area contributed by atoms with E-state index >= 15 is 0 Å². The second-order valence-electron chi connectivity index (χ2n) is 5.06. The highest BCUT2D eigenvalue weighted by molar-refractivity contribution is 5.93. The molecule has 0 saturated carbocycles. The molecule has 134 valence electrons. The molecule has 0 fully saturated rings. The summed E-state index contributed by atoms with van der Waals surface area (Å²) in [7, 11) is 4.93. The van der Waals surface area contributed by atoms with Crippen molar-refractivity contribution in [2.45, 2.75) is 13.5 Å². The second-order valence-corrected chi connectivity index (χ2v) is 5.06. The smallest absolute Gasteiger partial charge is 0.213 e. The van der Waals surface area contributed by atoms with Crippen LogP contribution >= 0.6 is 0 Å². The van der Waals surface area contributed by atoms with Crippen LogP contribution in [0.2, 0.25) is 0 Å². The fourth-order valence-electron chi connectivity index (χ4n) is 2.20. The topological polar surface area (TPSA) is 77.0 Å². The minimum absolute atomic E-state index is 0.590. The first-order valence-corrected chi connectivity index (χ1v) is 7.97. The second kappa shape index (κ2) is 9.36. The SMILES string of the molecule is CCOc1cc(CNC(=NC)Nc2ccc(OC)c(OC)c2)ccn1. The van der Waals surface area contributed by atoms with Gasteiger partial charge in [-0.15, -0.1) is 0 Å². The number of aromatic nitrogens is 1. The Morgan fingerprint density at radius 3 is 2.60 bits per heavy atom. The van der Waals surface area contributed by atoms with Gasteiger partial charge in [-0.1, -0.05) is 0 Å². The van der Waals surface area contributed by atoms with Crippen molar-refractivity contribution in [3.63, 3.8) is 0 Å². The molecule has 0 aliphatic rings. The number of rotatable bonds is 7. The van der Waals surface area contributed by atoms with Gasteiger partial charge in [0.05, 0.1) is 20.8 Å². The molecule has 1 heterocycles. The number of nitrogens with zero attached hydrogens (tertiary/aromatic N) is 2. The predicted octanol–water partition coefficient (Wildman–Crippen LogP) is 2.69. The van der Waals surface area contributed by atoms with Gasteiger partial charge < -0.3 is 24.8 Å². The summed E-state index contributed by atoms with van der Waals surface area (Å²) in [5.41, 5.74) is 1.89. The van der Waals surface area contributed by atoms with E-state index in [4.69, 9.17) is 14.2 Å². The van der Waals surface area contributed by atoms with Gasteiger partial charge >= 0.3 is 0 Å². The molecule has 7 heteroatoms. The average molecular weight is 344 g/mol. The van der Waals surface area contributed by atoms with Crippen molar-refractivity contribution in [1.82, 2.24) is 10.3 Å². The highest BCUT2D eigenvalue weighted by atomic mass is 16.5. The van der Waals surface area contributed by atoms with Gasteiger partial charge in [-0.3, -0.25) is 4.99 Å². The molecule has 25 heavy (non-hydrogen) atoms. The van der Waals surface area contributed by atoms with Crippen molar-refractivity contribution in [2.24, 2.45) is 4.99 Å². The zero-order chi connectivity index (χ0) is 18.1. The van der Waals surface area contributed by atoms with Gasteiger partial charge in [-0.2, -0.15) is 0 Å². The predicted molar refractivity (Wildman–Crippen MR) is 98.8 cm³/mol. The minimum Gasteiger partial charge on any atom is -0.493 e. The number of anilines is 1. The van der Waals surface area contributed by atoms with Crippen LogP contribution in [0.25, 0.3) is 0 Å². The van der Waals surface area contributed by atoms with Gasteiger partial charge in [0.25, 0.3) is 0 Å². The van der Waals surface area contributed by atoms with Crippen LogP contribution < -0.4 is 24.8 Å². The summed E-state index contributed by atoms with van der Waals surface area (Å²) in [6, 6.07) is 9.42. The number of hydrogen-bond acceptors (Lipinski definition) is 5. The number of pyridine rings is 1. The molecule has 0 aliphatic carbocycles. The zero-order valence-electron chi connectivity index (χ0n) is 15.0. The molecule has 2 N–H and O–H groups in total. The lowest BCUT2D eigenvalue weighted by atomic mass is 10.2. The highest BCUT2D eigenvalue weighted by Crippen LogP contribution is 2.29. The Labute approximate surface area is 148 Å². The Morgan fingerprint density at radius 1 is 1.12 bits per heavy atom. The Morgan fingerprint density at radius 2 is 1.92 bits per heavy atom. The van der Waals surface area contributed by atoms with E-state index in [9.17, 15) is 0 Å². The van der Waals surface area contributed by atoms with Crippen LogP contribution in [-0.2, 0) is 6.54 Å². The Hall–Kier alpha value is -2.96. The lowest BCUT2D eigenvalue weighted by molar-refractivity contribution is 0.326. The van der Waals surface area contributed by atoms with Crippen LogP contribution in [0.4, 0.5) is 5.69 Å². The van der Waals surface area contributed by atoms with Crippen LogP contribution in [-0.4, -0.2) is 38.8 Å². The van der Waals surface area contributed by atoms with E-state index in [-0.39, 0.29) is 0 Å². The maximum atomic E-state index is 5.41. The van der Waals surface area contributed by atoms with Crippen molar-refractivity contribution in [3.8, 4) is 17.4 Å². The maximum Gasteiger partial charge on any atom is 0.213 e. The summed E-state index contributed by atoms with van der Waals surface area (Å²) in [4.78, 5) is 8.39. The van der Waals surface area contributed by atoms with Crippen LogP contribution in [0.3, 0.4) is 0 Å². The normalized spacial score (nSPS) is 11.0. The van der Waals surface area contributed by atoms with Crippen LogP contribution in [0.1, 0.15) is 12.5 Å². The summed E-state index contributed by atoms with van der Waals surface area (Å²) in [5, 5.41) is 6.47. The van der Waals surface area contributed by atoms with E-state index in [0.717, 1.165) is 11.3 Å². The molecular formula is C18H24N4O3. The molecule has 0 unspecified atom stereocenters. The summed E-state index contributed by atoms with van der Waals surface area (Å²) < 4.78 is 16.0. The van der Waals surface area contributed by atoms with E-state index in [1.54, 1.807) is 27.5 Å². The van der Waals surface area contributed by atoms with E-state index < -0.39 is 0 Å². The quantitative estimate of drug-likeness (QED) is 0.594. The Balaban J connectivity index is 2.00. The first-order valence-electron chi connectivity index (χ1n) is 7.97. The van der Waals surface area contributed by atoms with Crippen molar-refractivity contribution in [2.75, 3.05) is 33.2 Å². The molecule has 1 aromatic heterocycles. The average Bonchev–Trinajstić information content (AvgIpc) is 2.65. The van der Waals surface area contributed by atoms with Crippen molar-refractivity contribution < 1.29 is 14.2 Å². The van der Waals surface area contributed by atoms with Gasteiger partial charge in [0.15, 0.2) is 17.5 Å². The fraction of sp³-hybridized carbons (Fsp3) is 0.333. The molecule has 0 spiro atoms. The number of methoxy groups -OCH3 is 2. The summed E-state index contributed by atoms with van der Waals surface area (Å²) in [6.07, 6.45) is 1.73. The van der Waals surface area contributed by atoms with Gasteiger partial charge in [0.2, 0.25) is 5.88 Å². The molecule has 0 bridgehead atoms. The molecule has 2 aromatic rings. The molecule has 0 atom stereocenters. The van der Waals surface area contributed by atoms with Gasteiger partial charge in [-0.25, -0.2) is 4.98 Å². The first kappa shape index (κ1) is 18.4. The third-order valence-corrected chi connectivity index (χ3v) is 3.42. The third-order valence-electron chi connectivity index (χ3n) is 3.42. The monoisotopic (exact) mass is 344 g/mol. The molecular weight excluding hydrogens is 320 g/mol. The molecule has 1 aromatic carbocycles.